The highest BCUT2D eigenvalue weighted by Crippen LogP contribution is 2.33. The number of hydrogen-bond acceptors (Lipinski definition) is 7. The zero-order chi connectivity index (χ0) is 18.7. The highest BCUT2D eigenvalue weighted by Gasteiger charge is 2.19. The van der Waals surface area contributed by atoms with Gasteiger partial charge in [0.15, 0.2) is 10.9 Å². The molecule has 0 fully saturated rings. The van der Waals surface area contributed by atoms with E-state index in [1.807, 2.05) is 31.0 Å². The molecule has 0 spiro atoms. The van der Waals surface area contributed by atoms with Gasteiger partial charge >= 0.3 is 5.97 Å². The Labute approximate surface area is 160 Å². The summed E-state index contributed by atoms with van der Waals surface area (Å²) in [7, 11) is 1.86. The van der Waals surface area contributed by atoms with E-state index in [4.69, 9.17) is 20.8 Å². The number of nitrogens with zero attached hydrogens (tertiary/aromatic N) is 3. The van der Waals surface area contributed by atoms with E-state index in [0.29, 0.717) is 29.1 Å². The van der Waals surface area contributed by atoms with Crippen molar-refractivity contribution >= 4 is 39.9 Å². The molecular formula is C18H18ClN3O3S. The molecule has 0 aliphatic rings. The van der Waals surface area contributed by atoms with Crippen LogP contribution in [0.2, 0.25) is 5.02 Å². The van der Waals surface area contributed by atoms with Crippen LogP contribution in [-0.2, 0) is 16.0 Å². The van der Waals surface area contributed by atoms with E-state index >= 15 is 0 Å². The standard InChI is InChI=1S/C18H18ClN3O3S/c1-4-24-15(23)9-14-10-20-18(26-14)22(3)16-11(2)25-17(21-16)12-5-7-13(19)8-6-12/h5-8,10H,4,9H2,1-3H3. The number of carbonyl (C=O) groups excluding carboxylic acids is 1. The van der Waals surface area contributed by atoms with Crippen molar-refractivity contribution < 1.29 is 13.9 Å². The third kappa shape index (κ3) is 4.05. The zero-order valence-corrected chi connectivity index (χ0v) is 16.2. The number of esters is 1. The molecule has 1 aromatic carbocycles. The molecule has 2 aromatic heterocycles. The third-order valence-electron chi connectivity index (χ3n) is 3.63. The molecule has 0 aliphatic carbocycles. The molecule has 0 aliphatic heterocycles. The molecule has 6 nitrogen and oxygen atoms in total. The molecule has 3 rings (SSSR count). The summed E-state index contributed by atoms with van der Waals surface area (Å²) < 4.78 is 10.8. The molecule has 0 N–H and O–H groups in total. The van der Waals surface area contributed by atoms with Crippen LogP contribution < -0.4 is 4.90 Å². The quantitative estimate of drug-likeness (QED) is 0.570. The van der Waals surface area contributed by atoms with Crippen LogP contribution >= 0.6 is 22.9 Å². The van der Waals surface area contributed by atoms with Gasteiger partial charge in [-0.1, -0.05) is 11.6 Å². The summed E-state index contributed by atoms with van der Waals surface area (Å²) in [4.78, 5) is 23.2. The Morgan fingerprint density at radius 3 is 2.77 bits per heavy atom. The minimum atomic E-state index is -0.256. The number of rotatable bonds is 6. The summed E-state index contributed by atoms with van der Waals surface area (Å²) in [5.74, 6) is 1.61. The predicted octanol–water partition coefficient (Wildman–Crippen LogP) is 4.63. The van der Waals surface area contributed by atoms with Gasteiger partial charge in [0.1, 0.15) is 5.76 Å². The summed E-state index contributed by atoms with van der Waals surface area (Å²) in [6.07, 6.45) is 1.90. The van der Waals surface area contributed by atoms with Crippen molar-refractivity contribution in [2.75, 3.05) is 18.6 Å². The Balaban J connectivity index is 1.80. The molecule has 0 saturated heterocycles. The van der Waals surface area contributed by atoms with Crippen LogP contribution in [0.1, 0.15) is 17.6 Å². The first kappa shape index (κ1) is 18.4. The number of halogens is 1. The summed E-state index contributed by atoms with van der Waals surface area (Å²) in [5, 5.41) is 1.38. The lowest BCUT2D eigenvalue weighted by atomic mass is 10.2. The van der Waals surface area contributed by atoms with Crippen molar-refractivity contribution in [3.8, 4) is 11.5 Å². The second kappa shape index (κ2) is 7.88. The van der Waals surface area contributed by atoms with Crippen LogP contribution in [0, 0.1) is 6.92 Å². The number of thiazole rings is 1. The lowest BCUT2D eigenvalue weighted by Crippen LogP contribution is -2.10. The van der Waals surface area contributed by atoms with Gasteiger partial charge in [-0.3, -0.25) is 4.79 Å². The van der Waals surface area contributed by atoms with Gasteiger partial charge < -0.3 is 14.1 Å². The van der Waals surface area contributed by atoms with Gasteiger partial charge in [0.25, 0.3) is 0 Å². The topological polar surface area (TPSA) is 68.5 Å². The second-order valence-corrected chi connectivity index (χ2v) is 7.09. The molecule has 0 atom stereocenters. The zero-order valence-electron chi connectivity index (χ0n) is 14.7. The number of oxazole rings is 1. The molecule has 0 saturated carbocycles. The largest absolute Gasteiger partial charge is 0.466 e. The number of aromatic nitrogens is 2. The fourth-order valence-corrected chi connectivity index (χ4v) is 3.38. The van der Waals surface area contributed by atoms with Crippen molar-refractivity contribution in [3.63, 3.8) is 0 Å². The minimum absolute atomic E-state index is 0.215. The molecule has 0 radical (unpaired) electrons. The maximum Gasteiger partial charge on any atom is 0.311 e. The first-order valence-electron chi connectivity index (χ1n) is 8.05. The number of carbonyl (C=O) groups is 1. The van der Waals surface area contributed by atoms with E-state index in [-0.39, 0.29) is 12.4 Å². The highest BCUT2D eigenvalue weighted by molar-refractivity contribution is 7.15. The Morgan fingerprint density at radius 1 is 1.35 bits per heavy atom. The monoisotopic (exact) mass is 391 g/mol. The van der Waals surface area contributed by atoms with Crippen molar-refractivity contribution in [3.05, 3.63) is 46.1 Å². The van der Waals surface area contributed by atoms with Crippen molar-refractivity contribution in [1.29, 1.82) is 0 Å². The molecule has 3 aromatic rings. The summed E-state index contributed by atoms with van der Waals surface area (Å²) in [6.45, 7) is 4.01. The van der Waals surface area contributed by atoms with E-state index in [0.717, 1.165) is 15.6 Å². The van der Waals surface area contributed by atoms with Gasteiger partial charge in [-0.15, -0.1) is 11.3 Å². The molecule has 8 heteroatoms. The van der Waals surface area contributed by atoms with E-state index in [1.165, 1.54) is 11.3 Å². The van der Waals surface area contributed by atoms with Crippen molar-refractivity contribution in [2.24, 2.45) is 0 Å². The SMILES string of the molecule is CCOC(=O)Cc1cnc(N(C)c2nc(-c3ccc(Cl)cc3)oc2C)s1. The Bertz CT molecular complexity index is 905. The molecule has 0 bridgehead atoms. The third-order valence-corrected chi connectivity index (χ3v) is 4.96. The van der Waals surface area contributed by atoms with Crippen LogP contribution in [0.15, 0.2) is 34.9 Å². The first-order chi connectivity index (χ1) is 12.5. The van der Waals surface area contributed by atoms with Crippen LogP contribution in [0.4, 0.5) is 10.9 Å². The fraction of sp³-hybridized carbons (Fsp3) is 0.278. The lowest BCUT2D eigenvalue weighted by molar-refractivity contribution is -0.142. The number of aryl methyl sites for hydroxylation is 1. The average Bonchev–Trinajstić information content (AvgIpc) is 3.22. The molecule has 136 valence electrons. The van der Waals surface area contributed by atoms with Crippen LogP contribution in [0.5, 0.6) is 0 Å². The van der Waals surface area contributed by atoms with Crippen LogP contribution in [0.3, 0.4) is 0 Å². The fourth-order valence-electron chi connectivity index (χ4n) is 2.39. The highest BCUT2D eigenvalue weighted by atomic mass is 35.5. The van der Waals surface area contributed by atoms with Gasteiger partial charge in [0.05, 0.1) is 13.0 Å². The summed E-state index contributed by atoms with van der Waals surface area (Å²) >= 11 is 7.35. The molecule has 0 unspecified atom stereocenters. The lowest BCUT2D eigenvalue weighted by Gasteiger charge is -2.12. The van der Waals surface area contributed by atoms with Gasteiger partial charge in [-0.25, -0.2) is 4.98 Å². The van der Waals surface area contributed by atoms with Gasteiger partial charge in [-0.2, -0.15) is 4.98 Å². The predicted molar refractivity (Wildman–Crippen MR) is 102 cm³/mol. The minimum Gasteiger partial charge on any atom is -0.466 e. The molecular weight excluding hydrogens is 374 g/mol. The first-order valence-corrected chi connectivity index (χ1v) is 9.24. The number of anilines is 2. The van der Waals surface area contributed by atoms with Gasteiger partial charge in [0, 0.05) is 28.7 Å². The second-order valence-electron chi connectivity index (χ2n) is 5.56. The van der Waals surface area contributed by atoms with E-state index in [1.54, 1.807) is 25.3 Å². The van der Waals surface area contributed by atoms with E-state index in [2.05, 4.69) is 9.97 Å². The Hall–Kier alpha value is -2.38. The van der Waals surface area contributed by atoms with Crippen LogP contribution in [0.25, 0.3) is 11.5 Å². The van der Waals surface area contributed by atoms with Gasteiger partial charge in [-0.05, 0) is 38.1 Å². The number of ether oxygens (including phenoxy) is 1. The normalized spacial score (nSPS) is 10.8. The van der Waals surface area contributed by atoms with Gasteiger partial charge in [0.2, 0.25) is 5.89 Å². The molecule has 2 heterocycles. The van der Waals surface area contributed by atoms with Crippen LogP contribution in [-0.4, -0.2) is 29.6 Å². The average molecular weight is 392 g/mol. The summed E-state index contributed by atoms with van der Waals surface area (Å²) in [5.41, 5.74) is 0.847. The maximum atomic E-state index is 11.6. The summed E-state index contributed by atoms with van der Waals surface area (Å²) in [6, 6.07) is 7.31. The Kier molecular flexibility index (Phi) is 5.58. The number of benzene rings is 1. The maximum absolute atomic E-state index is 11.6. The number of hydrogen-bond donors (Lipinski definition) is 0. The van der Waals surface area contributed by atoms with E-state index < -0.39 is 0 Å². The molecule has 26 heavy (non-hydrogen) atoms. The smallest absolute Gasteiger partial charge is 0.311 e. The van der Waals surface area contributed by atoms with Crippen molar-refractivity contribution in [2.45, 2.75) is 20.3 Å². The molecule has 0 amide bonds. The van der Waals surface area contributed by atoms with Crippen molar-refractivity contribution in [1.82, 2.24) is 9.97 Å². The Morgan fingerprint density at radius 2 is 2.08 bits per heavy atom. The van der Waals surface area contributed by atoms with E-state index in [9.17, 15) is 4.79 Å².